The molecule has 0 fully saturated rings. The van der Waals surface area contributed by atoms with Crippen LogP contribution in [0.4, 0.5) is 0 Å². The van der Waals surface area contributed by atoms with Gasteiger partial charge in [0, 0.05) is 23.0 Å². The molecule has 0 aliphatic rings. The highest BCUT2D eigenvalue weighted by molar-refractivity contribution is 5.79. The van der Waals surface area contributed by atoms with Crippen LogP contribution in [0.2, 0.25) is 0 Å². The van der Waals surface area contributed by atoms with Gasteiger partial charge >= 0.3 is 0 Å². The van der Waals surface area contributed by atoms with Gasteiger partial charge < -0.3 is 0 Å². The summed E-state index contributed by atoms with van der Waals surface area (Å²) in [5.74, 6) is 0.956. The third-order valence-electron chi connectivity index (χ3n) is 6.27. The van der Waals surface area contributed by atoms with E-state index in [2.05, 4.69) is 84.5 Å². The Labute approximate surface area is 179 Å². The van der Waals surface area contributed by atoms with E-state index in [0.717, 1.165) is 29.7 Å². The van der Waals surface area contributed by atoms with Crippen LogP contribution in [0.3, 0.4) is 0 Å². The van der Waals surface area contributed by atoms with Crippen LogP contribution in [0.15, 0.2) is 42.7 Å². The minimum Gasteiger partial charge on any atom is -0.265 e. The van der Waals surface area contributed by atoms with Crippen molar-refractivity contribution in [2.45, 2.75) is 78.3 Å². The molecule has 5 heteroatoms. The molecule has 5 nitrogen and oxygen atoms in total. The van der Waals surface area contributed by atoms with Crippen LogP contribution in [-0.2, 0) is 6.54 Å². The maximum Gasteiger partial charge on any atom is 0.158 e. The Kier molecular flexibility index (Phi) is 5.89. The van der Waals surface area contributed by atoms with Gasteiger partial charge in [-0.25, -0.2) is 9.67 Å². The van der Waals surface area contributed by atoms with Crippen LogP contribution in [0.25, 0.3) is 21.9 Å². The summed E-state index contributed by atoms with van der Waals surface area (Å²) in [6, 6.07) is 11.4. The fourth-order valence-electron chi connectivity index (χ4n) is 4.24. The maximum absolute atomic E-state index is 4.88. The van der Waals surface area contributed by atoms with Gasteiger partial charge in [-0.15, -0.1) is 0 Å². The summed E-state index contributed by atoms with van der Waals surface area (Å²) in [5, 5.41) is 11.5. The number of hydrogen-bond donors (Lipinski definition) is 0. The number of rotatable bonds is 8. The van der Waals surface area contributed by atoms with E-state index in [-0.39, 0.29) is 0 Å². The molecule has 0 bridgehead atoms. The number of benzene rings is 1. The molecule has 0 aliphatic carbocycles. The first kappa shape index (κ1) is 20.6. The third kappa shape index (κ3) is 3.98. The number of fused-ring (bicyclic) bond motifs is 2. The number of hydrogen-bond acceptors (Lipinski definition) is 3. The molecule has 3 heterocycles. The van der Waals surface area contributed by atoms with Crippen LogP contribution < -0.4 is 0 Å². The van der Waals surface area contributed by atoms with Crippen LogP contribution >= 0.6 is 0 Å². The minimum absolute atomic E-state index is 0.341. The molecule has 0 radical (unpaired) electrons. The molecule has 1 aromatic carbocycles. The molecule has 2 atom stereocenters. The van der Waals surface area contributed by atoms with Crippen LogP contribution in [0.5, 0.6) is 0 Å². The molecular formula is C25H33N5. The maximum atomic E-state index is 4.88. The van der Waals surface area contributed by atoms with E-state index in [1.807, 2.05) is 12.4 Å². The lowest BCUT2D eigenvalue weighted by Gasteiger charge is -2.16. The number of aromatic nitrogens is 5. The second-order valence-corrected chi connectivity index (χ2v) is 8.85. The molecular weight excluding hydrogens is 370 g/mol. The largest absolute Gasteiger partial charge is 0.265 e. The van der Waals surface area contributed by atoms with E-state index in [1.54, 1.807) is 0 Å². The zero-order chi connectivity index (χ0) is 21.3. The topological polar surface area (TPSA) is 48.5 Å². The van der Waals surface area contributed by atoms with E-state index < -0.39 is 0 Å². The molecule has 4 rings (SSSR count). The Balaban J connectivity index is 1.41. The van der Waals surface area contributed by atoms with E-state index >= 15 is 0 Å². The van der Waals surface area contributed by atoms with Gasteiger partial charge in [0.2, 0.25) is 0 Å². The molecule has 158 valence electrons. The predicted molar refractivity (Wildman–Crippen MR) is 124 cm³/mol. The van der Waals surface area contributed by atoms with Crippen molar-refractivity contribution in [3.63, 3.8) is 0 Å². The van der Waals surface area contributed by atoms with E-state index in [4.69, 9.17) is 4.98 Å². The molecule has 0 saturated carbocycles. The van der Waals surface area contributed by atoms with Crippen molar-refractivity contribution in [3.8, 4) is 0 Å². The zero-order valence-electron chi connectivity index (χ0n) is 18.8. The van der Waals surface area contributed by atoms with Gasteiger partial charge in [-0.2, -0.15) is 10.2 Å². The first-order chi connectivity index (χ1) is 14.5. The summed E-state index contributed by atoms with van der Waals surface area (Å²) in [6.45, 7) is 12.0. The van der Waals surface area contributed by atoms with Crippen molar-refractivity contribution >= 4 is 21.9 Å². The fourth-order valence-corrected chi connectivity index (χ4v) is 4.24. The molecule has 4 aromatic rings. The summed E-state index contributed by atoms with van der Waals surface area (Å²) in [5.41, 5.74) is 4.79. The molecule has 0 saturated heterocycles. The van der Waals surface area contributed by atoms with Crippen LogP contribution in [0.1, 0.15) is 83.0 Å². The second-order valence-electron chi connectivity index (χ2n) is 8.85. The Morgan fingerprint density at radius 2 is 1.67 bits per heavy atom. The molecule has 0 spiro atoms. The summed E-state index contributed by atoms with van der Waals surface area (Å²) >= 11 is 0. The highest BCUT2D eigenvalue weighted by Gasteiger charge is 2.14. The SMILES string of the molecule is CCn1ncc2ccc(C(C)CCCC(C)n3ncc4ccc(C(C)C)nc43)cc21. The average Bonchev–Trinajstić information content (AvgIpc) is 3.36. The summed E-state index contributed by atoms with van der Waals surface area (Å²) in [4.78, 5) is 4.88. The molecule has 2 unspecified atom stereocenters. The van der Waals surface area contributed by atoms with Crippen molar-refractivity contribution < 1.29 is 0 Å². The molecule has 3 aromatic heterocycles. The predicted octanol–water partition coefficient (Wildman–Crippen LogP) is 6.46. The van der Waals surface area contributed by atoms with E-state index in [1.165, 1.54) is 29.3 Å². The summed E-state index contributed by atoms with van der Waals surface area (Å²) in [7, 11) is 0. The van der Waals surface area contributed by atoms with E-state index in [9.17, 15) is 0 Å². The Bertz CT molecular complexity index is 1140. The average molecular weight is 404 g/mol. The highest BCUT2D eigenvalue weighted by atomic mass is 15.3. The molecule has 0 aliphatic heterocycles. The van der Waals surface area contributed by atoms with Gasteiger partial charge in [-0.05, 0) is 62.3 Å². The lowest BCUT2D eigenvalue weighted by molar-refractivity contribution is 0.439. The lowest BCUT2D eigenvalue weighted by atomic mass is 9.94. The number of aryl methyl sites for hydroxylation is 1. The zero-order valence-corrected chi connectivity index (χ0v) is 18.8. The number of nitrogens with zero attached hydrogens (tertiary/aromatic N) is 5. The fraction of sp³-hybridized carbons (Fsp3) is 0.480. The summed E-state index contributed by atoms with van der Waals surface area (Å²) in [6.07, 6.45) is 7.34. The smallest absolute Gasteiger partial charge is 0.158 e. The van der Waals surface area contributed by atoms with Crippen LogP contribution in [-0.4, -0.2) is 24.5 Å². The minimum atomic E-state index is 0.341. The number of pyridine rings is 1. The molecule has 0 amide bonds. The normalized spacial score (nSPS) is 14.1. The van der Waals surface area contributed by atoms with Crippen molar-refractivity contribution in [2.75, 3.05) is 0 Å². The van der Waals surface area contributed by atoms with Gasteiger partial charge in [-0.3, -0.25) is 4.68 Å². The van der Waals surface area contributed by atoms with Crippen molar-refractivity contribution in [2.24, 2.45) is 0 Å². The molecule has 30 heavy (non-hydrogen) atoms. The highest BCUT2D eigenvalue weighted by Crippen LogP contribution is 2.28. The van der Waals surface area contributed by atoms with Gasteiger partial charge in [0.05, 0.1) is 24.0 Å². The molecule has 0 N–H and O–H groups in total. The lowest BCUT2D eigenvalue weighted by Crippen LogP contribution is -2.09. The Morgan fingerprint density at radius 1 is 0.900 bits per heavy atom. The quantitative estimate of drug-likeness (QED) is 0.339. The first-order valence-corrected chi connectivity index (χ1v) is 11.3. The monoisotopic (exact) mass is 403 g/mol. The van der Waals surface area contributed by atoms with Crippen molar-refractivity contribution in [1.82, 2.24) is 24.5 Å². The second kappa shape index (κ2) is 8.58. The van der Waals surface area contributed by atoms with Gasteiger partial charge in [0.15, 0.2) is 5.65 Å². The Morgan fingerprint density at radius 3 is 2.43 bits per heavy atom. The van der Waals surface area contributed by atoms with Gasteiger partial charge in [0.25, 0.3) is 0 Å². The van der Waals surface area contributed by atoms with Crippen molar-refractivity contribution in [3.05, 3.63) is 54.0 Å². The third-order valence-corrected chi connectivity index (χ3v) is 6.27. The summed E-state index contributed by atoms with van der Waals surface area (Å²) < 4.78 is 4.19. The van der Waals surface area contributed by atoms with Crippen molar-refractivity contribution in [1.29, 1.82) is 0 Å². The van der Waals surface area contributed by atoms with Crippen LogP contribution in [0, 0.1) is 0 Å². The van der Waals surface area contributed by atoms with Gasteiger partial charge in [-0.1, -0.05) is 39.3 Å². The van der Waals surface area contributed by atoms with Gasteiger partial charge in [0.1, 0.15) is 0 Å². The van der Waals surface area contributed by atoms with E-state index in [0.29, 0.717) is 17.9 Å². The first-order valence-electron chi connectivity index (χ1n) is 11.3. The standard InChI is InChI=1S/C25H33N5/c1-6-29-24-14-20(10-11-21(24)15-26-29)18(4)8-7-9-19(5)30-25-22(16-27-30)12-13-23(28-25)17(2)3/h10-19H,6-9H2,1-5H3. The Hall–Kier alpha value is -2.69.